The molecule has 0 saturated carbocycles. The van der Waals surface area contributed by atoms with Crippen LogP contribution in [0.5, 0.6) is 5.75 Å². The number of aldehydes is 1. The van der Waals surface area contributed by atoms with Crippen LogP contribution < -0.4 is 10.3 Å². The Balaban J connectivity index is 2.45. The molecule has 0 saturated heterocycles. The van der Waals surface area contributed by atoms with Crippen molar-refractivity contribution in [3.05, 3.63) is 46.5 Å². The maximum atomic E-state index is 11.9. The molecule has 0 aliphatic heterocycles. The highest BCUT2D eigenvalue weighted by molar-refractivity contribution is 5.60. The molecule has 0 aliphatic rings. The Bertz CT molecular complexity index is 645. The second kappa shape index (κ2) is 5.48. The lowest BCUT2D eigenvalue weighted by Crippen LogP contribution is -2.23. The summed E-state index contributed by atoms with van der Waals surface area (Å²) in [5.41, 5.74) is 1.19. The molecule has 0 radical (unpaired) electrons. The van der Waals surface area contributed by atoms with Crippen LogP contribution in [0.15, 0.2) is 35.1 Å². The molecule has 2 rings (SSSR count). The minimum absolute atomic E-state index is 0.0283. The molecule has 5 nitrogen and oxygen atoms in total. The second-order valence-corrected chi connectivity index (χ2v) is 4.03. The van der Waals surface area contributed by atoms with Crippen LogP contribution in [0.1, 0.15) is 5.82 Å². The molecular formula is C14H14N2O3. The number of methoxy groups -OCH3 is 1. The average Bonchev–Trinajstić information content (AvgIpc) is 2.43. The largest absolute Gasteiger partial charge is 0.497 e. The van der Waals surface area contributed by atoms with Crippen LogP contribution in [0.4, 0.5) is 0 Å². The summed E-state index contributed by atoms with van der Waals surface area (Å²) in [4.78, 5) is 26.7. The molecule has 2 aromatic rings. The van der Waals surface area contributed by atoms with Crippen molar-refractivity contribution in [2.24, 2.45) is 0 Å². The van der Waals surface area contributed by atoms with Gasteiger partial charge in [0.25, 0.3) is 5.56 Å². The minimum Gasteiger partial charge on any atom is -0.497 e. The Morgan fingerprint density at radius 2 is 2.00 bits per heavy atom. The van der Waals surface area contributed by atoms with E-state index in [2.05, 4.69) is 4.98 Å². The van der Waals surface area contributed by atoms with Crippen molar-refractivity contribution < 1.29 is 9.53 Å². The third kappa shape index (κ3) is 2.70. The number of ether oxygens (including phenoxy) is 1. The van der Waals surface area contributed by atoms with Gasteiger partial charge in [-0.15, -0.1) is 0 Å². The Kier molecular flexibility index (Phi) is 3.75. The van der Waals surface area contributed by atoms with E-state index in [0.717, 1.165) is 11.3 Å². The standard InChI is InChI=1S/C14H14N2O3/c1-10-15-13(9-14(18)16(10)7-8-17)11-3-5-12(19-2)6-4-11/h3-6,8-9H,7H2,1-2H3. The van der Waals surface area contributed by atoms with E-state index >= 15 is 0 Å². The lowest BCUT2D eigenvalue weighted by atomic mass is 10.1. The normalized spacial score (nSPS) is 10.2. The van der Waals surface area contributed by atoms with E-state index in [1.165, 1.54) is 10.6 Å². The molecular weight excluding hydrogens is 244 g/mol. The highest BCUT2D eigenvalue weighted by Crippen LogP contribution is 2.19. The molecule has 19 heavy (non-hydrogen) atoms. The van der Waals surface area contributed by atoms with Gasteiger partial charge in [0.05, 0.1) is 19.3 Å². The van der Waals surface area contributed by atoms with Crippen molar-refractivity contribution in [3.63, 3.8) is 0 Å². The predicted molar refractivity (Wildman–Crippen MR) is 71.3 cm³/mol. The van der Waals surface area contributed by atoms with Gasteiger partial charge in [0.2, 0.25) is 0 Å². The van der Waals surface area contributed by atoms with Gasteiger partial charge in [-0.2, -0.15) is 0 Å². The van der Waals surface area contributed by atoms with Gasteiger partial charge in [-0.3, -0.25) is 9.36 Å². The van der Waals surface area contributed by atoms with E-state index in [9.17, 15) is 9.59 Å². The number of carbonyl (C=O) groups is 1. The Labute approximate surface area is 110 Å². The molecule has 1 heterocycles. The smallest absolute Gasteiger partial charge is 0.254 e. The fourth-order valence-corrected chi connectivity index (χ4v) is 1.83. The van der Waals surface area contributed by atoms with Gasteiger partial charge in [0, 0.05) is 11.6 Å². The van der Waals surface area contributed by atoms with Gasteiger partial charge < -0.3 is 9.53 Å². The van der Waals surface area contributed by atoms with Crippen molar-refractivity contribution in [2.75, 3.05) is 7.11 Å². The first-order valence-electron chi connectivity index (χ1n) is 5.82. The van der Waals surface area contributed by atoms with Crippen LogP contribution in [-0.4, -0.2) is 22.9 Å². The SMILES string of the molecule is COc1ccc(-c2cc(=O)n(CC=O)c(C)n2)cc1. The number of hydrogen-bond donors (Lipinski definition) is 0. The number of aromatic nitrogens is 2. The maximum Gasteiger partial charge on any atom is 0.254 e. The summed E-state index contributed by atoms with van der Waals surface area (Å²) in [6.45, 7) is 1.73. The fourth-order valence-electron chi connectivity index (χ4n) is 1.83. The van der Waals surface area contributed by atoms with E-state index in [1.54, 1.807) is 14.0 Å². The van der Waals surface area contributed by atoms with E-state index in [4.69, 9.17) is 4.74 Å². The lowest BCUT2D eigenvalue weighted by molar-refractivity contribution is -0.108. The van der Waals surface area contributed by atoms with Crippen LogP contribution in [-0.2, 0) is 11.3 Å². The zero-order chi connectivity index (χ0) is 13.8. The average molecular weight is 258 g/mol. The van der Waals surface area contributed by atoms with E-state index in [1.807, 2.05) is 24.3 Å². The molecule has 5 heteroatoms. The lowest BCUT2D eigenvalue weighted by Gasteiger charge is -2.08. The fraction of sp³-hybridized carbons (Fsp3) is 0.214. The van der Waals surface area contributed by atoms with Crippen LogP contribution in [0.3, 0.4) is 0 Å². The summed E-state index contributed by atoms with van der Waals surface area (Å²) in [7, 11) is 1.60. The third-order valence-corrected chi connectivity index (χ3v) is 2.84. The van der Waals surface area contributed by atoms with Crippen molar-refractivity contribution >= 4 is 6.29 Å². The molecule has 0 spiro atoms. The Hall–Kier alpha value is -2.43. The highest BCUT2D eigenvalue weighted by atomic mass is 16.5. The molecule has 0 aliphatic carbocycles. The molecule has 0 atom stereocenters. The van der Waals surface area contributed by atoms with Gasteiger partial charge >= 0.3 is 0 Å². The van der Waals surface area contributed by atoms with Crippen molar-refractivity contribution in [3.8, 4) is 17.0 Å². The number of nitrogens with zero attached hydrogens (tertiary/aromatic N) is 2. The van der Waals surface area contributed by atoms with Crippen LogP contribution in [0.2, 0.25) is 0 Å². The number of rotatable bonds is 4. The molecule has 98 valence electrons. The number of hydrogen-bond acceptors (Lipinski definition) is 4. The van der Waals surface area contributed by atoms with Gasteiger partial charge in [-0.25, -0.2) is 4.98 Å². The van der Waals surface area contributed by atoms with Crippen LogP contribution in [0, 0.1) is 6.92 Å². The molecule has 0 amide bonds. The topological polar surface area (TPSA) is 61.2 Å². The molecule has 1 aromatic carbocycles. The highest BCUT2D eigenvalue weighted by Gasteiger charge is 2.06. The van der Waals surface area contributed by atoms with Crippen LogP contribution in [0.25, 0.3) is 11.3 Å². The summed E-state index contributed by atoms with van der Waals surface area (Å²) >= 11 is 0. The third-order valence-electron chi connectivity index (χ3n) is 2.84. The first-order valence-corrected chi connectivity index (χ1v) is 5.82. The molecule has 0 fully saturated rings. The predicted octanol–water partition coefficient (Wildman–Crippen LogP) is 1.43. The molecule has 0 N–H and O–H groups in total. The van der Waals surface area contributed by atoms with E-state index in [0.29, 0.717) is 17.8 Å². The van der Waals surface area contributed by atoms with Gasteiger partial charge in [-0.1, -0.05) is 0 Å². The van der Waals surface area contributed by atoms with Gasteiger partial charge in [0.15, 0.2) is 0 Å². The monoisotopic (exact) mass is 258 g/mol. The summed E-state index contributed by atoms with van der Waals surface area (Å²) in [6.07, 6.45) is 0.684. The first kappa shape index (κ1) is 13.0. The summed E-state index contributed by atoms with van der Waals surface area (Å²) in [6, 6.07) is 8.72. The zero-order valence-electron chi connectivity index (χ0n) is 10.8. The van der Waals surface area contributed by atoms with Gasteiger partial charge in [-0.05, 0) is 31.2 Å². The van der Waals surface area contributed by atoms with E-state index in [-0.39, 0.29) is 12.1 Å². The molecule has 0 bridgehead atoms. The summed E-state index contributed by atoms with van der Waals surface area (Å²) in [5, 5.41) is 0. The Morgan fingerprint density at radius 3 is 2.53 bits per heavy atom. The van der Waals surface area contributed by atoms with E-state index < -0.39 is 0 Å². The van der Waals surface area contributed by atoms with Gasteiger partial charge in [0.1, 0.15) is 17.9 Å². The summed E-state index contributed by atoms with van der Waals surface area (Å²) in [5.74, 6) is 1.26. The minimum atomic E-state index is -0.231. The zero-order valence-corrected chi connectivity index (χ0v) is 10.8. The molecule has 1 aromatic heterocycles. The Morgan fingerprint density at radius 1 is 1.32 bits per heavy atom. The number of carbonyl (C=O) groups excluding carboxylic acids is 1. The first-order chi connectivity index (χ1) is 9.15. The number of aryl methyl sites for hydroxylation is 1. The molecule has 0 unspecified atom stereocenters. The maximum absolute atomic E-state index is 11.9. The van der Waals surface area contributed by atoms with Crippen molar-refractivity contribution in [1.29, 1.82) is 0 Å². The number of benzene rings is 1. The van der Waals surface area contributed by atoms with Crippen molar-refractivity contribution in [1.82, 2.24) is 9.55 Å². The quantitative estimate of drug-likeness (QED) is 0.778. The summed E-state index contributed by atoms with van der Waals surface area (Å²) < 4.78 is 6.41. The van der Waals surface area contributed by atoms with Crippen LogP contribution >= 0.6 is 0 Å². The second-order valence-electron chi connectivity index (χ2n) is 4.03. The van der Waals surface area contributed by atoms with Crippen molar-refractivity contribution in [2.45, 2.75) is 13.5 Å².